The van der Waals surface area contributed by atoms with Gasteiger partial charge in [0.15, 0.2) is 0 Å². The summed E-state index contributed by atoms with van der Waals surface area (Å²) in [5.74, 6) is 0. The van der Waals surface area contributed by atoms with E-state index in [1.54, 1.807) is 24.4 Å². The van der Waals surface area contributed by atoms with Crippen LogP contribution in [0.25, 0.3) is 43.9 Å². The number of alkyl halides is 3. The van der Waals surface area contributed by atoms with E-state index in [-0.39, 0.29) is 5.56 Å². The number of aromatic nitrogens is 1. The van der Waals surface area contributed by atoms with E-state index in [9.17, 15) is 13.2 Å². The summed E-state index contributed by atoms with van der Waals surface area (Å²) in [6, 6.07) is 25.9. The van der Waals surface area contributed by atoms with Crippen LogP contribution in [-0.2, 0) is 12.6 Å². The number of halogens is 3. The van der Waals surface area contributed by atoms with E-state index in [1.165, 1.54) is 12.1 Å². The van der Waals surface area contributed by atoms with Gasteiger partial charge in [-0.2, -0.15) is 13.2 Å². The van der Waals surface area contributed by atoms with Gasteiger partial charge < -0.3 is 0 Å². The molecule has 1 nitrogen and oxygen atoms in total. The van der Waals surface area contributed by atoms with Crippen molar-refractivity contribution in [1.29, 1.82) is 0 Å². The Morgan fingerprint density at radius 2 is 1.50 bits per heavy atom. The summed E-state index contributed by atoms with van der Waals surface area (Å²) in [4.78, 5) is 4.58. The van der Waals surface area contributed by atoms with Crippen LogP contribution in [0.3, 0.4) is 0 Å². The number of rotatable bonds is 5. The van der Waals surface area contributed by atoms with Crippen LogP contribution < -0.4 is 0 Å². The largest absolute Gasteiger partial charge is 0.417 e. The number of pyridine rings is 1. The van der Waals surface area contributed by atoms with Crippen molar-refractivity contribution in [3.63, 3.8) is 0 Å². The zero-order valence-corrected chi connectivity index (χ0v) is 18.9. The molecule has 1 heterocycles. The fourth-order valence-electron chi connectivity index (χ4n) is 4.58. The number of aryl methyl sites for hydroxylation is 1. The molecule has 0 fully saturated rings. The predicted molar refractivity (Wildman–Crippen MR) is 134 cm³/mol. The Kier molecular flexibility index (Phi) is 5.82. The normalized spacial score (nSPS) is 11.9. The van der Waals surface area contributed by atoms with Gasteiger partial charge in [0.1, 0.15) is 0 Å². The van der Waals surface area contributed by atoms with Crippen LogP contribution in [0.2, 0.25) is 0 Å². The fourth-order valence-corrected chi connectivity index (χ4v) is 4.58. The summed E-state index contributed by atoms with van der Waals surface area (Å²) < 4.78 is 41.8. The molecular formula is C30H24F3N. The van der Waals surface area contributed by atoms with Crippen LogP contribution in [0.5, 0.6) is 0 Å². The van der Waals surface area contributed by atoms with Gasteiger partial charge in [-0.1, -0.05) is 80.1 Å². The monoisotopic (exact) mass is 455 g/mol. The number of hydrogen-bond acceptors (Lipinski definition) is 1. The van der Waals surface area contributed by atoms with Crippen molar-refractivity contribution in [1.82, 2.24) is 4.98 Å². The lowest BCUT2D eigenvalue weighted by Gasteiger charge is -2.16. The summed E-state index contributed by atoms with van der Waals surface area (Å²) in [6.07, 6.45) is 0.345. The highest BCUT2D eigenvalue weighted by Crippen LogP contribution is 2.40. The van der Waals surface area contributed by atoms with Gasteiger partial charge in [-0.05, 0) is 63.9 Å². The Balaban J connectivity index is 1.67. The molecule has 0 aliphatic rings. The zero-order chi connectivity index (χ0) is 23.7. The minimum atomic E-state index is -4.45. The van der Waals surface area contributed by atoms with E-state index < -0.39 is 11.7 Å². The molecule has 5 aromatic rings. The van der Waals surface area contributed by atoms with Gasteiger partial charge in [0, 0.05) is 17.1 Å². The summed E-state index contributed by atoms with van der Waals surface area (Å²) in [5.41, 5.74) is 2.57. The van der Waals surface area contributed by atoms with Crippen molar-refractivity contribution in [2.75, 3.05) is 0 Å². The maximum atomic E-state index is 13.9. The van der Waals surface area contributed by atoms with Crippen LogP contribution in [0.15, 0.2) is 91.1 Å². The maximum Gasteiger partial charge on any atom is 0.417 e. The molecule has 0 saturated carbocycles. The van der Waals surface area contributed by atoms with Crippen molar-refractivity contribution in [2.24, 2.45) is 0 Å². The van der Waals surface area contributed by atoms with E-state index in [4.69, 9.17) is 0 Å². The molecule has 0 saturated heterocycles. The molecule has 0 amide bonds. The molecule has 5 rings (SSSR count). The van der Waals surface area contributed by atoms with Crippen molar-refractivity contribution in [3.8, 4) is 22.4 Å². The van der Waals surface area contributed by atoms with Crippen molar-refractivity contribution < 1.29 is 13.2 Å². The molecule has 0 aliphatic carbocycles. The first-order chi connectivity index (χ1) is 16.5. The molecule has 0 unspecified atom stereocenters. The molecule has 4 aromatic carbocycles. The van der Waals surface area contributed by atoms with Gasteiger partial charge in [0.05, 0.1) is 11.3 Å². The highest BCUT2D eigenvalue weighted by atomic mass is 19.4. The molecule has 0 radical (unpaired) electrons. The van der Waals surface area contributed by atoms with Crippen LogP contribution in [0.1, 0.15) is 30.9 Å². The molecular weight excluding hydrogens is 431 g/mol. The Labute approximate surface area is 196 Å². The van der Waals surface area contributed by atoms with Gasteiger partial charge in [0.2, 0.25) is 0 Å². The first-order valence-electron chi connectivity index (χ1n) is 11.5. The van der Waals surface area contributed by atoms with Crippen LogP contribution in [0, 0.1) is 0 Å². The minimum absolute atomic E-state index is 0.173. The maximum absolute atomic E-state index is 13.9. The highest BCUT2D eigenvalue weighted by Gasteiger charge is 2.34. The van der Waals surface area contributed by atoms with Gasteiger partial charge in [-0.25, -0.2) is 0 Å². The predicted octanol–water partition coefficient (Wildman–Crippen LogP) is 9.08. The van der Waals surface area contributed by atoms with Crippen molar-refractivity contribution in [2.45, 2.75) is 32.4 Å². The Bertz CT molecular complexity index is 1470. The molecule has 0 aliphatic heterocycles. The molecule has 0 spiro atoms. The third-order valence-electron chi connectivity index (χ3n) is 6.35. The van der Waals surface area contributed by atoms with Crippen molar-refractivity contribution in [3.05, 3.63) is 102 Å². The molecule has 34 heavy (non-hydrogen) atoms. The molecule has 4 heteroatoms. The Hall–Kier alpha value is -3.66. The highest BCUT2D eigenvalue weighted by molar-refractivity contribution is 6.11. The lowest BCUT2D eigenvalue weighted by Crippen LogP contribution is -2.07. The fraction of sp³-hybridized carbons (Fsp3) is 0.167. The first-order valence-corrected chi connectivity index (χ1v) is 11.5. The Morgan fingerprint density at radius 3 is 2.26 bits per heavy atom. The van der Waals surface area contributed by atoms with E-state index in [2.05, 4.69) is 24.0 Å². The summed E-state index contributed by atoms with van der Waals surface area (Å²) in [5, 5.41) is 4.16. The second-order valence-electron chi connectivity index (χ2n) is 8.60. The second kappa shape index (κ2) is 8.94. The quantitative estimate of drug-likeness (QED) is 0.241. The molecule has 0 N–H and O–H groups in total. The smallest absolute Gasteiger partial charge is 0.256 e. The van der Waals surface area contributed by atoms with E-state index in [0.29, 0.717) is 16.8 Å². The molecule has 0 atom stereocenters. The molecule has 170 valence electrons. The van der Waals surface area contributed by atoms with Crippen molar-refractivity contribution >= 4 is 21.5 Å². The number of benzene rings is 4. The van der Waals surface area contributed by atoms with Gasteiger partial charge in [0.25, 0.3) is 0 Å². The van der Waals surface area contributed by atoms with Gasteiger partial charge >= 0.3 is 6.18 Å². The van der Waals surface area contributed by atoms with E-state index in [1.807, 2.05) is 42.5 Å². The summed E-state index contributed by atoms with van der Waals surface area (Å²) >= 11 is 0. The van der Waals surface area contributed by atoms with E-state index in [0.717, 1.165) is 46.4 Å². The van der Waals surface area contributed by atoms with E-state index >= 15 is 0 Å². The third kappa shape index (κ3) is 4.16. The lowest BCUT2D eigenvalue weighted by molar-refractivity contribution is -0.137. The summed E-state index contributed by atoms with van der Waals surface area (Å²) in [6.45, 7) is 2.12. The Morgan fingerprint density at radius 1 is 0.735 bits per heavy atom. The molecule has 1 aromatic heterocycles. The zero-order valence-electron chi connectivity index (χ0n) is 18.9. The summed E-state index contributed by atoms with van der Waals surface area (Å²) in [7, 11) is 0. The van der Waals surface area contributed by atoms with Crippen LogP contribution >= 0.6 is 0 Å². The number of hydrogen-bond donors (Lipinski definition) is 0. The van der Waals surface area contributed by atoms with Crippen LogP contribution in [0.4, 0.5) is 13.2 Å². The topological polar surface area (TPSA) is 12.9 Å². The lowest BCUT2D eigenvalue weighted by atomic mass is 9.93. The minimum Gasteiger partial charge on any atom is -0.256 e. The first kappa shape index (κ1) is 22.1. The van der Waals surface area contributed by atoms with Gasteiger partial charge in [-0.3, -0.25) is 4.98 Å². The van der Waals surface area contributed by atoms with Gasteiger partial charge in [-0.15, -0.1) is 0 Å². The van der Waals surface area contributed by atoms with Crippen LogP contribution in [-0.4, -0.2) is 4.98 Å². The average molecular weight is 456 g/mol. The average Bonchev–Trinajstić information content (AvgIpc) is 2.86. The number of unbranched alkanes of at least 4 members (excludes halogenated alkanes) is 1. The standard InChI is InChI=1S/C30H24F3N/c1-2-3-6-20-9-11-22(12-10-20)27-19-23(14-16-28(27)30(31,32)33)29-26-15-13-21-7-4-5-8-24(21)25(26)17-18-34-29/h4-5,7-19H,2-3,6H2,1H3. The molecule has 0 bridgehead atoms. The number of fused-ring (bicyclic) bond motifs is 3. The second-order valence-corrected chi connectivity index (χ2v) is 8.60. The number of nitrogens with zero attached hydrogens (tertiary/aromatic N) is 1. The SMILES string of the molecule is CCCCc1ccc(-c2cc(-c3nccc4c3ccc3ccccc34)ccc2C(F)(F)F)cc1. The third-order valence-corrected chi connectivity index (χ3v) is 6.35.